The zero-order valence-electron chi connectivity index (χ0n) is 10.0. The molecule has 0 radical (unpaired) electrons. The van der Waals surface area contributed by atoms with Crippen LogP contribution >= 0.6 is 0 Å². The fraction of sp³-hybridized carbons (Fsp3) is 0.364. The first-order valence-corrected chi connectivity index (χ1v) is 5.48. The van der Waals surface area contributed by atoms with E-state index in [-0.39, 0.29) is 13.2 Å². The van der Waals surface area contributed by atoms with E-state index >= 15 is 0 Å². The van der Waals surface area contributed by atoms with Crippen LogP contribution in [0.15, 0.2) is 28.6 Å². The standard InChI is InChI=1S/C11H14N4O3/c1-3-4-14-7-12-9-8(14)10(17)15(5-6-16)11(18)13(9)2/h3,7,16H,1,4-6H2,2H3. The molecule has 0 aliphatic carbocycles. The summed E-state index contributed by atoms with van der Waals surface area (Å²) in [6.45, 7) is 3.74. The predicted octanol–water partition coefficient (Wildman–Crippen LogP) is -0.925. The van der Waals surface area contributed by atoms with E-state index in [0.29, 0.717) is 17.7 Å². The lowest BCUT2D eigenvalue weighted by Gasteiger charge is -2.07. The summed E-state index contributed by atoms with van der Waals surface area (Å²) in [5.41, 5.74) is -0.251. The fourth-order valence-corrected chi connectivity index (χ4v) is 1.90. The van der Waals surface area contributed by atoms with Gasteiger partial charge in [0.2, 0.25) is 0 Å². The van der Waals surface area contributed by atoms with Crippen molar-refractivity contribution in [2.45, 2.75) is 13.1 Å². The van der Waals surface area contributed by atoms with Gasteiger partial charge in [-0.1, -0.05) is 6.08 Å². The highest BCUT2D eigenvalue weighted by atomic mass is 16.3. The zero-order valence-corrected chi connectivity index (χ0v) is 10.0. The molecule has 0 fully saturated rings. The van der Waals surface area contributed by atoms with Gasteiger partial charge in [-0.15, -0.1) is 6.58 Å². The third-order valence-electron chi connectivity index (χ3n) is 2.75. The minimum Gasteiger partial charge on any atom is -0.395 e. The Morgan fingerprint density at radius 3 is 2.83 bits per heavy atom. The maximum atomic E-state index is 12.2. The molecule has 2 aromatic rings. The Kier molecular flexibility index (Phi) is 3.15. The van der Waals surface area contributed by atoms with Crippen LogP contribution in [0.1, 0.15) is 0 Å². The topological polar surface area (TPSA) is 82.1 Å². The molecule has 0 saturated heterocycles. The molecule has 0 bridgehead atoms. The van der Waals surface area contributed by atoms with E-state index in [2.05, 4.69) is 11.6 Å². The van der Waals surface area contributed by atoms with Crippen LogP contribution in [0.25, 0.3) is 11.2 Å². The summed E-state index contributed by atoms with van der Waals surface area (Å²) < 4.78 is 3.92. The molecule has 18 heavy (non-hydrogen) atoms. The number of hydrogen-bond donors (Lipinski definition) is 1. The molecule has 1 N–H and O–H groups in total. The molecule has 0 aliphatic heterocycles. The largest absolute Gasteiger partial charge is 0.395 e. The van der Waals surface area contributed by atoms with E-state index in [0.717, 1.165) is 4.57 Å². The van der Waals surface area contributed by atoms with Crippen LogP contribution in [0, 0.1) is 0 Å². The number of aliphatic hydroxyl groups is 1. The molecule has 2 rings (SSSR count). The van der Waals surface area contributed by atoms with E-state index in [4.69, 9.17) is 5.11 Å². The number of aliphatic hydroxyl groups excluding tert-OH is 1. The van der Waals surface area contributed by atoms with E-state index in [1.165, 1.54) is 10.9 Å². The number of nitrogens with zero attached hydrogens (tertiary/aromatic N) is 4. The Morgan fingerprint density at radius 1 is 1.50 bits per heavy atom. The summed E-state index contributed by atoms with van der Waals surface area (Å²) in [7, 11) is 1.54. The summed E-state index contributed by atoms with van der Waals surface area (Å²) >= 11 is 0. The lowest BCUT2D eigenvalue weighted by molar-refractivity contribution is 0.271. The number of hydrogen-bond acceptors (Lipinski definition) is 4. The molecule has 0 atom stereocenters. The zero-order chi connectivity index (χ0) is 13.3. The van der Waals surface area contributed by atoms with E-state index < -0.39 is 11.2 Å². The predicted molar refractivity (Wildman–Crippen MR) is 66.5 cm³/mol. The lowest BCUT2D eigenvalue weighted by atomic mass is 10.4. The van der Waals surface area contributed by atoms with Gasteiger partial charge in [-0.2, -0.15) is 0 Å². The maximum Gasteiger partial charge on any atom is 0.332 e. The molecule has 0 spiro atoms. The van der Waals surface area contributed by atoms with Gasteiger partial charge in [0, 0.05) is 13.6 Å². The first-order valence-electron chi connectivity index (χ1n) is 5.48. The highest BCUT2D eigenvalue weighted by Gasteiger charge is 2.14. The van der Waals surface area contributed by atoms with Crippen molar-refractivity contribution < 1.29 is 5.11 Å². The molecule has 0 amide bonds. The van der Waals surface area contributed by atoms with Gasteiger partial charge in [0.05, 0.1) is 19.5 Å². The normalized spacial score (nSPS) is 11.0. The van der Waals surface area contributed by atoms with Gasteiger partial charge in [-0.25, -0.2) is 9.78 Å². The summed E-state index contributed by atoms with van der Waals surface area (Å²) in [4.78, 5) is 28.2. The molecule has 0 unspecified atom stereocenters. The molecular formula is C11H14N4O3. The number of fused-ring (bicyclic) bond motifs is 1. The molecule has 2 heterocycles. The van der Waals surface area contributed by atoms with Gasteiger partial charge in [0.25, 0.3) is 5.56 Å². The number of aromatic nitrogens is 4. The van der Waals surface area contributed by atoms with Gasteiger partial charge in [-0.3, -0.25) is 13.9 Å². The average molecular weight is 250 g/mol. The summed E-state index contributed by atoms with van der Waals surface area (Å²) in [6.07, 6.45) is 3.14. The van der Waals surface area contributed by atoms with E-state index in [9.17, 15) is 9.59 Å². The van der Waals surface area contributed by atoms with Crippen LogP contribution in [0.2, 0.25) is 0 Å². The molecule has 2 aromatic heterocycles. The van der Waals surface area contributed by atoms with Crippen molar-refractivity contribution in [3.8, 4) is 0 Å². The van der Waals surface area contributed by atoms with Gasteiger partial charge in [0.1, 0.15) is 0 Å². The monoisotopic (exact) mass is 250 g/mol. The second-order valence-corrected chi connectivity index (χ2v) is 3.88. The molecular weight excluding hydrogens is 236 g/mol. The van der Waals surface area contributed by atoms with Gasteiger partial charge in [0.15, 0.2) is 11.2 Å². The smallest absolute Gasteiger partial charge is 0.332 e. The van der Waals surface area contributed by atoms with Crippen LogP contribution < -0.4 is 11.2 Å². The van der Waals surface area contributed by atoms with Crippen molar-refractivity contribution in [2.75, 3.05) is 6.61 Å². The van der Waals surface area contributed by atoms with Crippen molar-refractivity contribution in [3.05, 3.63) is 39.8 Å². The summed E-state index contributed by atoms with van der Waals surface area (Å²) in [6, 6.07) is 0. The number of imidazole rings is 1. The highest BCUT2D eigenvalue weighted by Crippen LogP contribution is 2.05. The summed E-state index contributed by atoms with van der Waals surface area (Å²) in [5.74, 6) is 0. The SMILES string of the molecule is C=CCn1cnc2c1c(=O)n(CCO)c(=O)n2C. The van der Waals surface area contributed by atoms with E-state index in [1.54, 1.807) is 17.7 Å². The number of aryl methyl sites for hydroxylation is 1. The summed E-state index contributed by atoms with van der Waals surface area (Å²) in [5, 5.41) is 8.91. The van der Waals surface area contributed by atoms with Crippen LogP contribution in [0.3, 0.4) is 0 Å². The van der Waals surface area contributed by atoms with Crippen LogP contribution in [-0.2, 0) is 20.1 Å². The van der Waals surface area contributed by atoms with Gasteiger partial charge in [-0.05, 0) is 0 Å². The van der Waals surface area contributed by atoms with Crippen molar-refractivity contribution >= 4 is 11.2 Å². The second-order valence-electron chi connectivity index (χ2n) is 3.88. The Hall–Kier alpha value is -2.15. The number of allylic oxidation sites excluding steroid dienone is 1. The van der Waals surface area contributed by atoms with Gasteiger partial charge < -0.3 is 9.67 Å². The minimum atomic E-state index is -0.481. The average Bonchev–Trinajstić information content (AvgIpc) is 2.76. The second kappa shape index (κ2) is 4.61. The lowest BCUT2D eigenvalue weighted by Crippen LogP contribution is -2.40. The molecule has 0 saturated carbocycles. The highest BCUT2D eigenvalue weighted by molar-refractivity contribution is 5.70. The van der Waals surface area contributed by atoms with Crippen molar-refractivity contribution in [1.29, 1.82) is 0 Å². The maximum absolute atomic E-state index is 12.2. The molecule has 0 aliphatic rings. The Balaban J connectivity index is 2.88. The van der Waals surface area contributed by atoms with E-state index in [1.807, 2.05) is 0 Å². The van der Waals surface area contributed by atoms with Crippen molar-refractivity contribution in [2.24, 2.45) is 7.05 Å². The van der Waals surface area contributed by atoms with Crippen LogP contribution in [0.5, 0.6) is 0 Å². The quantitative estimate of drug-likeness (QED) is 0.711. The Bertz CT molecular complexity index is 707. The third-order valence-corrected chi connectivity index (χ3v) is 2.75. The Labute approximate surface area is 102 Å². The number of rotatable bonds is 4. The molecule has 7 heteroatoms. The molecule has 7 nitrogen and oxygen atoms in total. The first kappa shape index (κ1) is 12.3. The minimum absolute atomic E-state index is 0.0271. The third kappa shape index (κ3) is 1.68. The Morgan fingerprint density at radius 2 is 2.22 bits per heavy atom. The molecule has 0 aromatic carbocycles. The fourth-order valence-electron chi connectivity index (χ4n) is 1.90. The van der Waals surface area contributed by atoms with Crippen molar-refractivity contribution in [3.63, 3.8) is 0 Å². The van der Waals surface area contributed by atoms with Crippen LogP contribution in [-0.4, -0.2) is 30.4 Å². The van der Waals surface area contributed by atoms with Crippen LogP contribution in [0.4, 0.5) is 0 Å². The van der Waals surface area contributed by atoms with Gasteiger partial charge >= 0.3 is 5.69 Å². The van der Waals surface area contributed by atoms with Crippen molar-refractivity contribution in [1.82, 2.24) is 18.7 Å². The molecule has 96 valence electrons. The first-order chi connectivity index (χ1) is 8.61.